The standard InChI is InChI=1S/C5H8ClNO2S2/c1-4-3-10-5(2)7(4)11(6,8)9/h3,5H,1-2H3. The average Bonchev–Trinajstić information content (AvgIpc) is 2.08. The van der Waals surface area contributed by atoms with E-state index in [4.69, 9.17) is 10.7 Å². The first kappa shape index (κ1) is 9.22. The van der Waals surface area contributed by atoms with Gasteiger partial charge in [-0.1, -0.05) is 0 Å². The van der Waals surface area contributed by atoms with Crippen molar-refractivity contribution in [1.29, 1.82) is 0 Å². The zero-order valence-corrected chi connectivity index (χ0v) is 8.50. The number of thioether (sulfide) groups is 1. The van der Waals surface area contributed by atoms with E-state index in [1.807, 2.05) is 0 Å². The van der Waals surface area contributed by atoms with Crippen molar-refractivity contribution >= 4 is 31.7 Å². The lowest BCUT2D eigenvalue weighted by Gasteiger charge is -2.19. The Labute approximate surface area is 75.0 Å². The van der Waals surface area contributed by atoms with Gasteiger partial charge in [-0.05, 0) is 19.3 Å². The Hall–Kier alpha value is 0.130. The Balaban J connectivity index is 2.97. The molecule has 0 aromatic heterocycles. The minimum atomic E-state index is -3.58. The van der Waals surface area contributed by atoms with Crippen LogP contribution in [0.4, 0.5) is 0 Å². The molecule has 1 aliphatic heterocycles. The fourth-order valence-corrected chi connectivity index (χ4v) is 3.86. The van der Waals surface area contributed by atoms with E-state index in [0.717, 1.165) is 0 Å². The predicted molar refractivity (Wildman–Crippen MR) is 47.4 cm³/mol. The molecule has 3 nitrogen and oxygen atoms in total. The van der Waals surface area contributed by atoms with Crippen LogP contribution in [0.15, 0.2) is 11.1 Å². The van der Waals surface area contributed by atoms with E-state index in [0.29, 0.717) is 5.70 Å². The molecule has 0 fully saturated rings. The zero-order valence-electron chi connectivity index (χ0n) is 6.11. The highest BCUT2D eigenvalue weighted by molar-refractivity contribution is 8.13. The second-order valence-corrected chi connectivity index (χ2v) is 5.81. The fourth-order valence-electron chi connectivity index (χ4n) is 0.940. The first-order valence-electron chi connectivity index (χ1n) is 2.99. The Kier molecular flexibility index (Phi) is 2.41. The lowest BCUT2D eigenvalue weighted by atomic mass is 10.5. The first-order valence-corrected chi connectivity index (χ1v) is 6.20. The molecule has 0 amide bonds. The minimum absolute atomic E-state index is 0.113. The third kappa shape index (κ3) is 1.83. The number of nitrogens with zero attached hydrogens (tertiary/aromatic N) is 1. The molecule has 0 N–H and O–H groups in total. The number of rotatable bonds is 1. The molecule has 1 aliphatic rings. The number of hydrogen-bond acceptors (Lipinski definition) is 3. The molecule has 0 aromatic carbocycles. The summed E-state index contributed by atoms with van der Waals surface area (Å²) in [6.45, 7) is 3.51. The average molecular weight is 214 g/mol. The topological polar surface area (TPSA) is 37.4 Å². The van der Waals surface area contributed by atoms with Crippen LogP contribution in [-0.2, 0) is 9.24 Å². The molecule has 6 heteroatoms. The van der Waals surface area contributed by atoms with Gasteiger partial charge in [0, 0.05) is 16.4 Å². The van der Waals surface area contributed by atoms with E-state index in [-0.39, 0.29) is 5.37 Å². The van der Waals surface area contributed by atoms with Crippen molar-refractivity contribution in [1.82, 2.24) is 4.31 Å². The summed E-state index contributed by atoms with van der Waals surface area (Å²) in [6, 6.07) is 0. The molecule has 1 rings (SSSR count). The summed E-state index contributed by atoms with van der Waals surface area (Å²) in [5.74, 6) is 0. The number of hydrogen-bond donors (Lipinski definition) is 0. The molecule has 0 radical (unpaired) electrons. The van der Waals surface area contributed by atoms with Gasteiger partial charge in [0.05, 0.1) is 5.37 Å². The summed E-state index contributed by atoms with van der Waals surface area (Å²) in [6.07, 6.45) is 0. The minimum Gasteiger partial charge on any atom is -0.248 e. The molecular formula is C5H8ClNO2S2. The summed E-state index contributed by atoms with van der Waals surface area (Å²) in [5, 5.41) is 1.67. The molecule has 0 spiro atoms. The summed E-state index contributed by atoms with van der Waals surface area (Å²) in [5.41, 5.74) is 0.678. The van der Waals surface area contributed by atoms with Crippen molar-refractivity contribution in [3.8, 4) is 0 Å². The molecular weight excluding hydrogens is 206 g/mol. The largest absolute Gasteiger partial charge is 0.322 e. The van der Waals surface area contributed by atoms with Crippen molar-refractivity contribution in [2.24, 2.45) is 0 Å². The molecule has 0 aromatic rings. The van der Waals surface area contributed by atoms with Crippen LogP contribution in [0.2, 0.25) is 0 Å². The van der Waals surface area contributed by atoms with Crippen LogP contribution in [0.5, 0.6) is 0 Å². The predicted octanol–water partition coefficient (Wildman–Crippen LogP) is 1.73. The summed E-state index contributed by atoms with van der Waals surface area (Å²) in [4.78, 5) is 0. The van der Waals surface area contributed by atoms with E-state index in [1.54, 1.807) is 19.3 Å². The maximum atomic E-state index is 10.9. The van der Waals surface area contributed by atoms with Crippen LogP contribution in [-0.4, -0.2) is 18.1 Å². The third-order valence-electron chi connectivity index (χ3n) is 1.35. The van der Waals surface area contributed by atoms with Gasteiger partial charge in [-0.25, -0.2) is 4.31 Å². The highest BCUT2D eigenvalue weighted by atomic mass is 35.7. The molecule has 64 valence electrons. The van der Waals surface area contributed by atoms with E-state index >= 15 is 0 Å². The SMILES string of the molecule is CC1=CSC(C)N1S(=O)(=O)Cl. The molecule has 1 atom stereocenters. The van der Waals surface area contributed by atoms with Gasteiger partial charge >= 0.3 is 9.24 Å². The van der Waals surface area contributed by atoms with Crippen molar-refractivity contribution in [2.75, 3.05) is 0 Å². The summed E-state index contributed by atoms with van der Waals surface area (Å²) >= 11 is 1.44. The van der Waals surface area contributed by atoms with E-state index in [2.05, 4.69) is 0 Å². The van der Waals surface area contributed by atoms with Crippen LogP contribution in [0.25, 0.3) is 0 Å². The van der Waals surface area contributed by atoms with Gasteiger partial charge in [-0.15, -0.1) is 11.8 Å². The smallest absolute Gasteiger partial charge is 0.248 e. The fraction of sp³-hybridized carbons (Fsp3) is 0.600. The highest BCUT2D eigenvalue weighted by Gasteiger charge is 2.29. The molecule has 0 saturated carbocycles. The van der Waals surface area contributed by atoms with E-state index < -0.39 is 9.24 Å². The lowest BCUT2D eigenvalue weighted by molar-refractivity contribution is 0.493. The van der Waals surface area contributed by atoms with Crippen LogP contribution in [0.1, 0.15) is 13.8 Å². The lowest BCUT2D eigenvalue weighted by Crippen LogP contribution is -2.28. The van der Waals surface area contributed by atoms with Crippen molar-refractivity contribution in [3.63, 3.8) is 0 Å². The second-order valence-electron chi connectivity index (χ2n) is 2.23. The first-order chi connectivity index (χ1) is 4.93. The van der Waals surface area contributed by atoms with Gasteiger partial charge in [0.2, 0.25) is 0 Å². The van der Waals surface area contributed by atoms with Crippen LogP contribution < -0.4 is 0 Å². The Morgan fingerprint density at radius 3 is 2.45 bits per heavy atom. The van der Waals surface area contributed by atoms with Gasteiger partial charge in [-0.2, -0.15) is 8.42 Å². The number of allylic oxidation sites excluding steroid dienone is 1. The van der Waals surface area contributed by atoms with Crippen molar-refractivity contribution in [3.05, 3.63) is 11.1 Å². The van der Waals surface area contributed by atoms with Crippen LogP contribution >= 0.6 is 22.4 Å². The molecule has 11 heavy (non-hydrogen) atoms. The molecule has 0 saturated heterocycles. The van der Waals surface area contributed by atoms with Gasteiger partial charge < -0.3 is 0 Å². The van der Waals surface area contributed by atoms with Gasteiger partial charge in [0.15, 0.2) is 0 Å². The van der Waals surface area contributed by atoms with E-state index in [9.17, 15) is 8.42 Å². The van der Waals surface area contributed by atoms with Gasteiger partial charge in [-0.3, -0.25) is 0 Å². The van der Waals surface area contributed by atoms with Crippen molar-refractivity contribution < 1.29 is 8.42 Å². The maximum absolute atomic E-state index is 10.9. The van der Waals surface area contributed by atoms with Crippen LogP contribution in [0.3, 0.4) is 0 Å². The molecule has 1 unspecified atom stereocenters. The highest BCUT2D eigenvalue weighted by Crippen LogP contribution is 2.33. The maximum Gasteiger partial charge on any atom is 0.322 e. The van der Waals surface area contributed by atoms with Crippen molar-refractivity contribution in [2.45, 2.75) is 19.2 Å². The van der Waals surface area contributed by atoms with Crippen LogP contribution in [0, 0.1) is 0 Å². The molecule has 1 heterocycles. The third-order valence-corrected chi connectivity index (χ3v) is 4.08. The van der Waals surface area contributed by atoms with Gasteiger partial charge in [0.1, 0.15) is 0 Å². The Morgan fingerprint density at radius 2 is 2.27 bits per heavy atom. The van der Waals surface area contributed by atoms with E-state index in [1.165, 1.54) is 16.1 Å². The van der Waals surface area contributed by atoms with Gasteiger partial charge in [0.25, 0.3) is 0 Å². The molecule has 0 bridgehead atoms. The monoisotopic (exact) mass is 213 g/mol. The summed E-state index contributed by atoms with van der Waals surface area (Å²) in [7, 11) is 1.59. The summed E-state index contributed by atoms with van der Waals surface area (Å²) < 4.78 is 23.0. The zero-order chi connectivity index (χ0) is 8.65. The Bertz CT molecular complexity index is 285. The quantitative estimate of drug-likeness (QED) is 0.623. The molecule has 0 aliphatic carbocycles. The normalized spacial score (nSPS) is 25.5. The Morgan fingerprint density at radius 1 is 1.73 bits per heavy atom. The second kappa shape index (κ2) is 2.88. The number of halogens is 1.